The second kappa shape index (κ2) is 9.14. The molecule has 35 heavy (non-hydrogen) atoms. The van der Waals surface area contributed by atoms with Crippen molar-refractivity contribution in [3.63, 3.8) is 0 Å². The standard InChI is InChI=1S/C24H20F3N5O2S/c1-12-2-5-14(25)8-18(12)35(34)32-17-7-6-16(26)20(21(17)27)22(33)15-10-29-24-19(15)23(30-11-31-24)28-9-13-3-4-13/h2,5-8,10-11,13,32H,3-4,9H2,1H3,(H2,28,29,30,31). The Kier molecular flexibility index (Phi) is 6.01. The first-order valence-electron chi connectivity index (χ1n) is 10.9. The smallest absolute Gasteiger partial charge is 0.201 e. The Morgan fingerprint density at radius 3 is 2.74 bits per heavy atom. The number of carbonyl (C=O) groups excluding carboxylic acids is 1. The molecule has 0 spiro atoms. The molecule has 1 saturated carbocycles. The summed E-state index contributed by atoms with van der Waals surface area (Å²) < 4.78 is 58.9. The van der Waals surface area contributed by atoms with Crippen LogP contribution in [0.4, 0.5) is 24.7 Å². The van der Waals surface area contributed by atoms with Crippen LogP contribution in [0.1, 0.15) is 34.3 Å². The number of nitrogens with zero attached hydrogens (tertiary/aromatic N) is 2. The molecule has 7 nitrogen and oxygen atoms in total. The Morgan fingerprint density at radius 1 is 1.17 bits per heavy atom. The van der Waals surface area contributed by atoms with E-state index in [2.05, 4.69) is 25.0 Å². The molecule has 0 radical (unpaired) electrons. The van der Waals surface area contributed by atoms with Crippen molar-refractivity contribution in [1.29, 1.82) is 0 Å². The lowest BCUT2D eigenvalue weighted by Crippen LogP contribution is -2.13. The zero-order valence-electron chi connectivity index (χ0n) is 18.5. The molecular formula is C24H20F3N5O2S. The summed E-state index contributed by atoms with van der Waals surface area (Å²) in [6.07, 6.45) is 4.87. The predicted molar refractivity (Wildman–Crippen MR) is 126 cm³/mol. The number of carbonyl (C=O) groups is 1. The second-order valence-electron chi connectivity index (χ2n) is 8.37. The third-order valence-corrected chi connectivity index (χ3v) is 7.08. The van der Waals surface area contributed by atoms with Crippen molar-refractivity contribution >= 4 is 39.3 Å². The van der Waals surface area contributed by atoms with Crippen LogP contribution in [0.2, 0.25) is 0 Å². The lowest BCUT2D eigenvalue weighted by molar-refractivity contribution is 0.103. The van der Waals surface area contributed by atoms with Crippen molar-refractivity contribution in [2.24, 2.45) is 5.92 Å². The van der Waals surface area contributed by atoms with Crippen LogP contribution in [-0.2, 0) is 11.0 Å². The normalized spacial score (nSPS) is 14.2. The van der Waals surface area contributed by atoms with Gasteiger partial charge in [-0.15, -0.1) is 0 Å². The molecular weight excluding hydrogens is 479 g/mol. The number of H-pyrrole nitrogens is 1. The Morgan fingerprint density at radius 2 is 1.97 bits per heavy atom. The van der Waals surface area contributed by atoms with Crippen LogP contribution in [0.25, 0.3) is 11.0 Å². The van der Waals surface area contributed by atoms with Gasteiger partial charge in [-0.25, -0.2) is 27.3 Å². The molecule has 0 amide bonds. The lowest BCUT2D eigenvalue weighted by Gasteiger charge is -2.12. The van der Waals surface area contributed by atoms with E-state index in [1.54, 1.807) is 6.92 Å². The molecule has 180 valence electrons. The first-order chi connectivity index (χ1) is 16.8. The first kappa shape index (κ1) is 23.0. The Balaban J connectivity index is 1.50. The molecule has 2 aromatic carbocycles. The molecule has 0 bridgehead atoms. The van der Waals surface area contributed by atoms with Gasteiger partial charge in [-0.2, -0.15) is 0 Å². The van der Waals surface area contributed by atoms with Crippen LogP contribution >= 0.6 is 0 Å². The number of rotatable bonds is 8. The monoisotopic (exact) mass is 499 g/mol. The van der Waals surface area contributed by atoms with Gasteiger partial charge in [0.05, 0.1) is 27.1 Å². The van der Waals surface area contributed by atoms with Gasteiger partial charge in [-0.1, -0.05) is 6.07 Å². The maximum Gasteiger partial charge on any atom is 0.201 e. The summed E-state index contributed by atoms with van der Waals surface area (Å²) in [5.41, 5.74) is -0.322. The summed E-state index contributed by atoms with van der Waals surface area (Å²) in [6.45, 7) is 2.29. The van der Waals surface area contributed by atoms with Crippen LogP contribution in [0.5, 0.6) is 0 Å². The van der Waals surface area contributed by atoms with Crippen molar-refractivity contribution in [2.75, 3.05) is 16.6 Å². The van der Waals surface area contributed by atoms with Gasteiger partial charge in [-0.3, -0.25) is 9.52 Å². The number of halogens is 3. The van der Waals surface area contributed by atoms with E-state index >= 15 is 4.39 Å². The van der Waals surface area contributed by atoms with Crippen molar-refractivity contribution in [1.82, 2.24) is 15.0 Å². The van der Waals surface area contributed by atoms with Gasteiger partial charge in [-0.05, 0) is 55.5 Å². The van der Waals surface area contributed by atoms with Gasteiger partial charge < -0.3 is 10.3 Å². The second-order valence-corrected chi connectivity index (χ2v) is 9.55. The minimum absolute atomic E-state index is 0.00376. The van der Waals surface area contributed by atoms with Crippen molar-refractivity contribution < 1.29 is 22.2 Å². The largest absolute Gasteiger partial charge is 0.369 e. The van der Waals surface area contributed by atoms with Crippen LogP contribution in [0.3, 0.4) is 0 Å². The SMILES string of the molecule is Cc1ccc(F)cc1S(=O)Nc1ccc(F)c(C(=O)c2c[nH]c3ncnc(NCC4CC4)c23)c1F. The molecule has 0 aliphatic heterocycles. The molecule has 4 aromatic rings. The number of fused-ring (bicyclic) bond motifs is 1. The van der Waals surface area contributed by atoms with Gasteiger partial charge in [0.15, 0.2) is 16.8 Å². The fraction of sp³-hybridized carbons (Fsp3) is 0.208. The molecule has 1 fully saturated rings. The average Bonchev–Trinajstić information content (AvgIpc) is 3.57. The van der Waals surface area contributed by atoms with Gasteiger partial charge in [0.2, 0.25) is 5.78 Å². The molecule has 3 N–H and O–H groups in total. The Bertz CT molecular complexity index is 1490. The van der Waals surface area contributed by atoms with Crippen LogP contribution in [0.15, 0.2) is 47.8 Å². The van der Waals surface area contributed by atoms with E-state index in [-0.39, 0.29) is 16.1 Å². The average molecular weight is 500 g/mol. The highest BCUT2D eigenvalue weighted by Crippen LogP contribution is 2.32. The molecule has 1 atom stereocenters. The van der Waals surface area contributed by atoms with Crippen LogP contribution in [0, 0.1) is 30.3 Å². The topological polar surface area (TPSA) is 99.8 Å². The number of ketones is 1. The molecule has 2 aromatic heterocycles. The number of hydrogen-bond donors (Lipinski definition) is 3. The minimum atomic E-state index is -2.06. The summed E-state index contributed by atoms with van der Waals surface area (Å²) in [5.74, 6) is -2.90. The molecule has 1 aliphatic carbocycles. The molecule has 2 heterocycles. The van der Waals surface area contributed by atoms with Crippen molar-refractivity contribution in [3.8, 4) is 0 Å². The summed E-state index contributed by atoms with van der Waals surface area (Å²) in [6, 6.07) is 5.66. The zero-order chi connectivity index (χ0) is 24.7. The van der Waals surface area contributed by atoms with Gasteiger partial charge in [0, 0.05) is 12.7 Å². The summed E-state index contributed by atoms with van der Waals surface area (Å²) in [4.78, 5) is 24.6. The van der Waals surface area contributed by atoms with E-state index in [9.17, 15) is 17.8 Å². The highest BCUT2D eigenvalue weighted by molar-refractivity contribution is 7.86. The van der Waals surface area contributed by atoms with E-state index < -0.39 is 39.8 Å². The molecule has 1 unspecified atom stereocenters. The molecule has 1 aliphatic rings. The summed E-state index contributed by atoms with van der Waals surface area (Å²) >= 11 is 0. The fourth-order valence-electron chi connectivity index (χ4n) is 3.74. The number of benzene rings is 2. The van der Waals surface area contributed by atoms with Gasteiger partial charge >= 0.3 is 0 Å². The highest BCUT2D eigenvalue weighted by atomic mass is 32.2. The zero-order valence-corrected chi connectivity index (χ0v) is 19.3. The maximum absolute atomic E-state index is 15.4. The predicted octanol–water partition coefficient (Wildman–Crippen LogP) is 4.87. The quantitative estimate of drug-likeness (QED) is 0.301. The van der Waals surface area contributed by atoms with Crippen LogP contribution in [-0.4, -0.2) is 31.5 Å². The third kappa shape index (κ3) is 4.51. The number of aryl methyl sites for hydroxylation is 1. The Hall–Kier alpha value is -3.73. The van der Waals surface area contributed by atoms with Crippen molar-refractivity contribution in [2.45, 2.75) is 24.7 Å². The van der Waals surface area contributed by atoms with E-state index in [4.69, 9.17) is 0 Å². The molecule has 5 rings (SSSR count). The lowest BCUT2D eigenvalue weighted by atomic mass is 10.0. The summed E-state index contributed by atoms with van der Waals surface area (Å²) in [5, 5.41) is 3.51. The van der Waals surface area contributed by atoms with Crippen LogP contribution < -0.4 is 10.0 Å². The number of anilines is 2. The highest BCUT2D eigenvalue weighted by Gasteiger charge is 2.27. The minimum Gasteiger partial charge on any atom is -0.369 e. The maximum atomic E-state index is 15.4. The van der Waals surface area contributed by atoms with E-state index in [1.807, 2.05) is 0 Å². The Labute approximate surface area is 200 Å². The molecule has 11 heteroatoms. The van der Waals surface area contributed by atoms with E-state index in [0.717, 1.165) is 31.0 Å². The van der Waals surface area contributed by atoms with Crippen molar-refractivity contribution in [3.05, 3.63) is 77.0 Å². The number of nitrogens with one attached hydrogen (secondary N) is 3. The number of aromatic nitrogens is 3. The van der Waals surface area contributed by atoms with Gasteiger partial charge in [0.1, 0.15) is 29.4 Å². The van der Waals surface area contributed by atoms with E-state index in [0.29, 0.717) is 34.9 Å². The number of aromatic amines is 1. The first-order valence-corrected chi connectivity index (χ1v) is 12.0. The number of hydrogen-bond acceptors (Lipinski definition) is 5. The van der Waals surface area contributed by atoms with Gasteiger partial charge in [0.25, 0.3) is 0 Å². The molecule has 0 saturated heterocycles. The summed E-state index contributed by atoms with van der Waals surface area (Å²) in [7, 11) is -2.06. The fourth-order valence-corrected chi connectivity index (χ4v) is 4.79. The van der Waals surface area contributed by atoms with E-state index in [1.165, 1.54) is 24.7 Å². The third-order valence-electron chi connectivity index (χ3n) is 5.84.